The van der Waals surface area contributed by atoms with E-state index in [1.807, 2.05) is 51.1 Å². The van der Waals surface area contributed by atoms with Crippen molar-refractivity contribution in [2.24, 2.45) is 51.8 Å². The summed E-state index contributed by atoms with van der Waals surface area (Å²) in [5.41, 5.74) is 18.2. The van der Waals surface area contributed by atoms with E-state index in [2.05, 4.69) is 58.2 Å². The molecule has 2 rings (SSSR count). The number of cyclic esters (lactones) is 1. The van der Waals surface area contributed by atoms with Crippen LogP contribution in [0.3, 0.4) is 0 Å². The lowest BCUT2D eigenvalue weighted by atomic mass is 9.94. The second-order valence-corrected chi connectivity index (χ2v) is 23.1. The molecule has 0 bridgehead atoms. The largest absolute Gasteiger partial charge is 0.462 e. The van der Waals surface area contributed by atoms with Gasteiger partial charge < -0.3 is 84.9 Å². The standard InChI is InChI=1S/C59H100N14O14/c1-14-31(7)43(54(81)68-42(28-74)53(80)73-47-36(12)87-58(85)46(34(10)17-4)72-52(79)41(26-30(5)6)67-48(75)35(11)65-56(47)83)70-55(82)44(32(8)15-2)69-50(77)39(24-21-25-64-59(61)62)66-49(76)38(60)29-86-57(84)45(33(9)16-3)71-51(78)40(63-13)27-37-22-19-18-20-23-37/h18-20,22-23,30-36,38-47,63,74H,14-17,21,24-29,60H2,1-13H3,(H,65,83)(H,66,76)(H,67,75)(H,68,81)(H,69,77)(H,70,82)(H,71,78)(H,72,79)(H,73,80)(H4,61,62,64)/t31-,32-,33-,34-,35-,36-,38-,39+,40+,41-,42-,43-,44+,45-,46-,47+/m0/s1. The highest BCUT2D eigenvalue weighted by Crippen LogP contribution is 2.18. The van der Waals surface area contributed by atoms with Gasteiger partial charge in [-0.15, -0.1) is 0 Å². The zero-order chi connectivity index (χ0) is 65.8. The van der Waals surface area contributed by atoms with Crippen LogP contribution in [0.15, 0.2) is 35.3 Å². The van der Waals surface area contributed by atoms with Crippen molar-refractivity contribution in [2.75, 3.05) is 26.8 Å². The lowest BCUT2D eigenvalue weighted by Gasteiger charge is -2.31. The number of carbonyl (C=O) groups is 11. The molecule has 16 atom stereocenters. The van der Waals surface area contributed by atoms with Gasteiger partial charge in [0.2, 0.25) is 53.2 Å². The van der Waals surface area contributed by atoms with E-state index in [1.54, 1.807) is 55.5 Å². The summed E-state index contributed by atoms with van der Waals surface area (Å²) >= 11 is 0. The molecule has 0 radical (unpaired) electrons. The Morgan fingerprint density at radius 3 is 1.75 bits per heavy atom. The van der Waals surface area contributed by atoms with Crippen LogP contribution in [0.4, 0.5) is 0 Å². The van der Waals surface area contributed by atoms with Gasteiger partial charge in [-0.3, -0.25) is 48.1 Å². The van der Waals surface area contributed by atoms with Crippen molar-refractivity contribution in [2.45, 2.75) is 207 Å². The molecule has 1 fully saturated rings. The summed E-state index contributed by atoms with van der Waals surface area (Å²) in [7, 11) is 1.63. The molecule has 28 heteroatoms. The minimum Gasteiger partial charge on any atom is -0.462 e. The van der Waals surface area contributed by atoms with E-state index in [1.165, 1.54) is 13.8 Å². The molecule has 1 saturated heterocycles. The van der Waals surface area contributed by atoms with Gasteiger partial charge in [0.05, 0.1) is 12.6 Å². The van der Waals surface area contributed by atoms with Crippen molar-refractivity contribution >= 4 is 71.1 Å². The molecule has 9 amide bonds. The second-order valence-electron chi connectivity index (χ2n) is 23.1. The number of ether oxygens (including phenoxy) is 2. The van der Waals surface area contributed by atoms with E-state index in [4.69, 9.17) is 26.7 Å². The third-order valence-electron chi connectivity index (χ3n) is 15.6. The van der Waals surface area contributed by atoms with Crippen molar-refractivity contribution in [3.63, 3.8) is 0 Å². The number of likely N-dealkylation sites (N-methyl/N-ethyl adjacent to an activating group) is 1. The zero-order valence-electron chi connectivity index (χ0n) is 52.9. The van der Waals surface area contributed by atoms with Crippen LogP contribution in [-0.2, 0) is 68.6 Å². The van der Waals surface area contributed by atoms with Gasteiger partial charge in [0.15, 0.2) is 5.96 Å². The Morgan fingerprint density at radius 1 is 0.667 bits per heavy atom. The predicted molar refractivity (Wildman–Crippen MR) is 325 cm³/mol. The van der Waals surface area contributed by atoms with E-state index in [9.17, 15) is 57.8 Å². The SMILES string of the molecule is CC[C@H](C)[C@H](NC(=O)[C@H](NC(=O)[C@@H](CCCN=C(N)N)NC(=O)[C@@H](N)COC(=O)[C@@H](NC(=O)[C@@H](Cc1ccccc1)NC)[C@@H](C)CC)[C@@H](C)CC)C(=O)N[C@@H](CO)C(=O)N[C@H]1C(=O)N[C@@H](C)C(=O)N[C@@H](CC(C)C)C(=O)N[C@@H]([C@@H](C)CC)C(=O)O[C@H]1C. The molecular weight excluding hydrogens is 1130 g/mol. The summed E-state index contributed by atoms with van der Waals surface area (Å²) in [4.78, 5) is 156. The van der Waals surface area contributed by atoms with Crippen LogP contribution in [0.5, 0.6) is 0 Å². The van der Waals surface area contributed by atoms with Gasteiger partial charge in [-0.1, -0.05) is 125 Å². The number of hydrogen-bond acceptors (Lipinski definition) is 17. The van der Waals surface area contributed by atoms with Crippen molar-refractivity contribution in [1.29, 1.82) is 0 Å². The number of hydrogen-bond donors (Lipinski definition) is 14. The maximum absolute atomic E-state index is 14.4. The molecule has 87 heavy (non-hydrogen) atoms. The van der Waals surface area contributed by atoms with Gasteiger partial charge in [0.1, 0.15) is 73.1 Å². The van der Waals surface area contributed by atoms with Gasteiger partial charge >= 0.3 is 11.9 Å². The van der Waals surface area contributed by atoms with Crippen molar-refractivity contribution < 1.29 is 67.3 Å². The van der Waals surface area contributed by atoms with Gasteiger partial charge in [0.25, 0.3) is 0 Å². The number of esters is 2. The Kier molecular flexibility index (Phi) is 33.0. The van der Waals surface area contributed by atoms with Crippen molar-refractivity contribution in [3.8, 4) is 0 Å². The molecule has 0 spiro atoms. The quantitative estimate of drug-likeness (QED) is 0.0161. The fraction of sp³-hybridized carbons (Fsp3) is 0.695. The number of nitrogens with one attached hydrogen (secondary N) is 10. The average Bonchev–Trinajstić information content (AvgIpc) is 3.85. The summed E-state index contributed by atoms with van der Waals surface area (Å²) in [5, 5.41) is 37.0. The summed E-state index contributed by atoms with van der Waals surface area (Å²) in [5.74, 6) is -11.6. The minimum absolute atomic E-state index is 0.0406. The fourth-order valence-electron chi connectivity index (χ4n) is 9.11. The Hall–Kier alpha value is -7.46. The van der Waals surface area contributed by atoms with Crippen molar-refractivity contribution in [1.82, 2.24) is 53.2 Å². The molecule has 1 aliphatic heterocycles. The van der Waals surface area contributed by atoms with Crippen LogP contribution >= 0.6 is 0 Å². The number of nitrogens with zero attached hydrogens (tertiary/aromatic N) is 1. The first-order valence-corrected chi connectivity index (χ1v) is 30.2. The van der Waals surface area contributed by atoms with Crippen LogP contribution in [0.25, 0.3) is 0 Å². The molecule has 490 valence electrons. The molecule has 0 aromatic heterocycles. The Balaban J connectivity index is 2.38. The van der Waals surface area contributed by atoms with Crippen LogP contribution in [-0.4, -0.2) is 176 Å². The number of aliphatic hydroxyl groups excluding tert-OH is 1. The van der Waals surface area contributed by atoms with E-state index in [0.29, 0.717) is 32.1 Å². The highest BCUT2D eigenvalue weighted by atomic mass is 16.5. The van der Waals surface area contributed by atoms with Crippen LogP contribution in [0.1, 0.15) is 134 Å². The molecular formula is C59H100N14O14. The Labute approximate surface area is 511 Å². The monoisotopic (exact) mass is 1230 g/mol. The Bertz CT molecular complexity index is 2480. The van der Waals surface area contributed by atoms with Crippen molar-refractivity contribution in [3.05, 3.63) is 35.9 Å². The number of carbonyl (C=O) groups excluding carboxylic acids is 11. The number of guanidine groups is 1. The lowest BCUT2D eigenvalue weighted by molar-refractivity contribution is -0.157. The minimum atomic E-state index is -1.78. The molecule has 0 unspecified atom stereocenters. The summed E-state index contributed by atoms with van der Waals surface area (Å²) in [6.45, 7) is 18.6. The zero-order valence-corrected chi connectivity index (χ0v) is 52.9. The van der Waals surface area contributed by atoms with E-state index >= 15 is 0 Å². The maximum atomic E-state index is 14.4. The van der Waals surface area contributed by atoms with Crippen LogP contribution in [0, 0.1) is 29.6 Å². The number of rotatable bonds is 33. The topological polar surface area (TPSA) is 437 Å². The predicted octanol–water partition coefficient (Wildman–Crippen LogP) is -1.71. The first-order chi connectivity index (χ1) is 41.0. The van der Waals surface area contributed by atoms with Gasteiger partial charge in [-0.2, -0.15) is 0 Å². The highest BCUT2D eigenvalue weighted by Gasteiger charge is 2.41. The number of nitrogens with two attached hydrogens (primary N) is 3. The number of aliphatic imine (C=N–C) groups is 1. The summed E-state index contributed by atoms with van der Waals surface area (Å²) < 4.78 is 11.2. The average molecular weight is 1230 g/mol. The lowest BCUT2D eigenvalue weighted by Crippen LogP contribution is -2.63. The molecule has 1 aromatic carbocycles. The third kappa shape index (κ3) is 24.7. The molecule has 28 nitrogen and oxygen atoms in total. The second kappa shape index (κ2) is 38.0. The van der Waals surface area contributed by atoms with E-state index in [0.717, 1.165) is 5.56 Å². The molecule has 1 heterocycles. The molecule has 1 aliphatic rings. The van der Waals surface area contributed by atoms with Crippen LogP contribution < -0.4 is 70.4 Å². The fourth-order valence-corrected chi connectivity index (χ4v) is 9.11. The van der Waals surface area contributed by atoms with Crippen LogP contribution in [0.2, 0.25) is 0 Å². The summed E-state index contributed by atoms with van der Waals surface area (Å²) in [6.07, 6.45) is 0.664. The Morgan fingerprint density at radius 2 is 1.21 bits per heavy atom. The summed E-state index contributed by atoms with van der Waals surface area (Å²) in [6, 6.07) is -5.20. The number of amides is 9. The van der Waals surface area contributed by atoms with Gasteiger partial charge in [-0.05, 0) is 81.7 Å². The van der Waals surface area contributed by atoms with E-state index < -0.39 is 169 Å². The normalized spacial score (nSPS) is 21.3. The van der Waals surface area contributed by atoms with Gasteiger partial charge in [-0.25, -0.2) is 9.59 Å². The molecule has 17 N–H and O–H groups in total. The molecule has 1 aromatic rings. The molecule has 0 saturated carbocycles. The number of aliphatic hydroxyl groups is 1. The molecule has 0 aliphatic carbocycles. The van der Waals surface area contributed by atoms with E-state index in [-0.39, 0.29) is 43.6 Å². The third-order valence-corrected chi connectivity index (χ3v) is 15.6. The maximum Gasteiger partial charge on any atom is 0.329 e. The first kappa shape index (κ1) is 75.6. The number of benzene rings is 1. The first-order valence-electron chi connectivity index (χ1n) is 30.2. The van der Waals surface area contributed by atoms with Gasteiger partial charge in [0, 0.05) is 6.54 Å². The smallest absolute Gasteiger partial charge is 0.329 e. The highest BCUT2D eigenvalue weighted by molar-refractivity contribution is 5.99.